The van der Waals surface area contributed by atoms with E-state index in [1.165, 1.54) is 0 Å². The minimum atomic E-state index is -0.337. The molecule has 134 valence electrons. The molecule has 0 atom stereocenters. The van der Waals surface area contributed by atoms with E-state index in [9.17, 15) is 4.79 Å². The normalized spacial score (nSPS) is 10.9. The molecule has 0 amide bonds. The Kier molecular flexibility index (Phi) is 4.69. The van der Waals surface area contributed by atoms with Crippen LogP contribution in [0.5, 0.6) is 5.75 Å². The number of halogens is 1. The van der Waals surface area contributed by atoms with Crippen LogP contribution in [0.1, 0.15) is 11.1 Å². The molecule has 0 bridgehead atoms. The molecule has 0 spiro atoms. The van der Waals surface area contributed by atoms with Crippen molar-refractivity contribution in [1.29, 1.82) is 0 Å². The fourth-order valence-electron chi connectivity index (χ4n) is 3.14. The number of aryl methyl sites for hydroxylation is 1. The highest BCUT2D eigenvalue weighted by Crippen LogP contribution is 2.29. The molecule has 0 radical (unpaired) electrons. The molecule has 1 aromatic heterocycles. The van der Waals surface area contributed by atoms with Gasteiger partial charge in [0, 0.05) is 16.0 Å². The van der Waals surface area contributed by atoms with Crippen molar-refractivity contribution < 1.29 is 9.15 Å². The molecule has 3 nitrogen and oxygen atoms in total. The number of fused-ring (bicyclic) bond motifs is 1. The Labute approximate surface area is 161 Å². The van der Waals surface area contributed by atoms with E-state index in [0.29, 0.717) is 28.5 Å². The van der Waals surface area contributed by atoms with Gasteiger partial charge in [-0.25, -0.2) is 4.79 Å². The van der Waals surface area contributed by atoms with Gasteiger partial charge in [-0.15, -0.1) is 0 Å². The van der Waals surface area contributed by atoms with Gasteiger partial charge >= 0.3 is 5.63 Å². The van der Waals surface area contributed by atoms with Crippen LogP contribution in [0.15, 0.2) is 82.0 Å². The van der Waals surface area contributed by atoms with Crippen molar-refractivity contribution in [3.63, 3.8) is 0 Å². The standard InChI is InChI=1S/C23H17ClO3/c1-15-19-13-18(26-14-17-9-5-6-10-20(17)24)11-12-21(19)27-23(25)22(15)16-7-3-2-4-8-16/h2-13H,14H2,1H3. The molecule has 3 aromatic carbocycles. The van der Waals surface area contributed by atoms with Crippen molar-refractivity contribution in [1.82, 2.24) is 0 Å². The number of hydrogen-bond donors (Lipinski definition) is 0. The summed E-state index contributed by atoms with van der Waals surface area (Å²) in [6, 6.07) is 22.6. The molecule has 0 N–H and O–H groups in total. The summed E-state index contributed by atoms with van der Waals surface area (Å²) in [5, 5.41) is 1.52. The Morgan fingerprint density at radius 1 is 0.963 bits per heavy atom. The smallest absolute Gasteiger partial charge is 0.344 e. The zero-order valence-corrected chi connectivity index (χ0v) is 15.5. The van der Waals surface area contributed by atoms with E-state index in [4.69, 9.17) is 20.8 Å². The summed E-state index contributed by atoms with van der Waals surface area (Å²) in [7, 11) is 0. The molecule has 27 heavy (non-hydrogen) atoms. The average molecular weight is 377 g/mol. The monoisotopic (exact) mass is 376 g/mol. The first-order chi connectivity index (χ1) is 13.1. The number of ether oxygens (including phenoxy) is 1. The zero-order valence-electron chi connectivity index (χ0n) is 14.7. The van der Waals surface area contributed by atoms with Crippen LogP contribution in [0.2, 0.25) is 5.02 Å². The summed E-state index contributed by atoms with van der Waals surface area (Å²) < 4.78 is 11.4. The van der Waals surface area contributed by atoms with Crippen LogP contribution < -0.4 is 10.4 Å². The molecule has 0 unspecified atom stereocenters. The lowest BCUT2D eigenvalue weighted by atomic mass is 9.99. The maximum absolute atomic E-state index is 12.5. The predicted molar refractivity (Wildman–Crippen MR) is 108 cm³/mol. The van der Waals surface area contributed by atoms with E-state index >= 15 is 0 Å². The van der Waals surface area contributed by atoms with Crippen molar-refractivity contribution in [3.8, 4) is 16.9 Å². The molecule has 0 aliphatic carbocycles. The quantitative estimate of drug-likeness (QED) is 0.410. The van der Waals surface area contributed by atoms with Gasteiger partial charge in [-0.05, 0) is 42.3 Å². The zero-order chi connectivity index (χ0) is 18.8. The van der Waals surface area contributed by atoms with Gasteiger partial charge in [0.05, 0.1) is 5.56 Å². The average Bonchev–Trinajstić information content (AvgIpc) is 2.68. The van der Waals surface area contributed by atoms with Gasteiger partial charge < -0.3 is 9.15 Å². The van der Waals surface area contributed by atoms with Crippen LogP contribution in [0.3, 0.4) is 0 Å². The van der Waals surface area contributed by atoms with Gasteiger partial charge in [0.15, 0.2) is 0 Å². The molecule has 1 heterocycles. The Bertz CT molecular complexity index is 1160. The van der Waals surface area contributed by atoms with E-state index in [1.54, 1.807) is 12.1 Å². The Morgan fingerprint density at radius 2 is 1.70 bits per heavy atom. The third-order valence-electron chi connectivity index (χ3n) is 4.55. The molecule has 0 aliphatic heterocycles. The summed E-state index contributed by atoms with van der Waals surface area (Å²) in [6.07, 6.45) is 0. The van der Waals surface area contributed by atoms with Gasteiger partial charge in [-0.2, -0.15) is 0 Å². The largest absolute Gasteiger partial charge is 0.489 e. The number of hydrogen-bond acceptors (Lipinski definition) is 3. The van der Waals surface area contributed by atoms with Gasteiger partial charge in [-0.3, -0.25) is 0 Å². The van der Waals surface area contributed by atoms with Crippen LogP contribution in [-0.4, -0.2) is 0 Å². The topological polar surface area (TPSA) is 39.4 Å². The summed E-state index contributed by atoms with van der Waals surface area (Å²) in [5.41, 5.74) is 3.41. The minimum Gasteiger partial charge on any atom is -0.489 e. The highest BCUT2D eigenvalue weighted by Gasteiger charge is 2.14. The Balaban J connectivity index is 1.73. The Morgan fingerprint density at radius 3 is 2.48 bits per heavy atom. The molecule has 0 fully saturated rings. The molecule has 0 saturated heterocycles. The second-order valence-electron chi connectivity index (χ2n) is 6.29. The highest BCUT2D eigenvalue weighted by atomic mass is 35.5. The third-order valence-corrected chi connectivity index (χ3v) is 4.92. The van der Waals surface area contributed by atoms with Crippen LogP contribution in [0.4, 0.5) is 0 Å². The number of rotatable bonds is 4. The summed E-state index contributed by atoms with van der Waals surface area (Å²) in [5.74, 6) is 0.693. The van der Waals surface area contributed by atoms with Gasteiger partial charge in [0.1, 0.15) is 17.9 Å². The maximum Gasteiger partial charge on any atom is 0.344 e. The molecule has 0 aliphatic rings. The summed E-state index contributed by atoms with van der Waals surface area (Å²) >= 11 is 6.19. The first-order valence-corrected chi connectivity index (χ1v) is 9.00. The highest BCUT2D eigenvalue weighted by molar-refractivity contribution is 6.31. The molecular weight excluding hydrogens is 360 g/mol. The first kappa shape index (κ1) is 17.4. The van der Waals surface area contributed by atoms with Crippen LogP contribution in [0.25, 0.3) is 22.1 Å². The van der Waals surface area contributed by atoms with E-state index < -0.39 is 0 Å². The van der Waals surface area contributed by atoms with E-state index in [1.807, 2.05) is 67.6 Å². The SMILES string of the molecule is Cc1c(-c2ccccc2)c(=O)oc2ccc(OCc3ccccc3Cl)cc12. The van der Waals surface area contributed by atoms with Gasteiger partial charge in [0.2, 0.25) is 0 Å². The van der Waals surface area contributed by atoms with Crippen molar-refractivity contribution in [2.45, 2.75) is 13.5 Å². The molecule has 4 rings (SSSR count). The van der Waals surface area contributed by atoms with E-state index in [-0.39, 0.29) is 5.63 Å². The lowest BCUT2D eigenvalue weighted by Crippen LogP contribution is -2.06. The Hall–Kier alpha value is -3.04. The first-order valence-electron chi connectivity index (χ1n) is 8.62. The second kappa shape index (κ2) is 7.29. The lowest BCUT2D eigenvalue weighted by Gasteiger charge is -2.11. The summed E-state index contributed by atoms with van der Waals surface area (Å²) in [6.45, 7) is 2.30. The fourth-order valence-corrected chi connectivity index (χ4v) is 3.33. The molecular formula is C23H17ClO3. The predicted octanol–water partition coefficient (Wildman–Crippen LogP) is 6.00. The number of benzene rings is 3. The lowest BCUT2D eigenvalue weighted by molar-refractivity contribution is 0.306. The molecule has 0 saturated carbocycles. The maximum atomic E-state index is 12.5. The summed E-state index contributed by atoms with van der Waals surface area (Å²) in [4.78, 5) is 12.5. The van der Waals surface area contributed by atoms with Crippen LogP contribution >= 0.6 is 11.6 Å². The van der Waals surface area contributed by atoms with Crippen LogP contribution in [0, 0.1) is 6.92 Å². The van der Waals surface area contributed by atoms with Gasteiger partial charge in [-0.1, -0.05) is 60.1 Å². The molecule has 4 aromatic rings. The molecule has 4 heteroatoms. The minimum absolute atomic E-state index is 0.337. The van der Waals surface area contributed by atoms with E-state index in [2.05, 4.69) is 0 Å². The van der Waals surface area contributed by atoms with Crippen molar-refractivity contribution in [2.24, 2.45) is 0 Å². The van der Waals surface area contributed by atoms with Gasteiger partial charge in [0.25, 0.3) is 0 Å². The fraction of sp³-hybridized carbons (Fsp3) is 0.0870. The van der Waals surface area contributed by atoms with Crippen molar-refractivity contribution in [3.05, 3.63) is 99.4 Å². The third kappa shape index (κ3) is 3.46. The van der Waals surface area contributed by atoms with E-state index in [0.717, 1.165) is 22.1 Å². The second-order valence-corrected chi connectivity index (χ2v) is 6.70. The van der Waals surface area contributed by atoms with Crippen molar-refractivity contribution >= 4 is 22.6 Å². The van der Waals surface area contributed by atoms with Crippen LogP contribution in [-0.2, 0) is 6.61 Å². The van der Waals surface area contributed by atoms with Crippen molar-refractivity contribution in [2.75, 3.05) is 0 Å².